The van der Waals surface area contributed by atoms with Crippen molar-refractivity contribution in [2.75, 3.05) is 6.54 Å². The van der Waals surface area contributed by atoms with Crippen LogP contribution in [-0.2, 0) is 26.2 Å². The average molecular weight is 422 g/mol. The molecule has 2 aromatic carbocycles. The molecular formula is C18H16ClN3O5S. The standard InChI is InChI=1S/C18H16ClN3O5S/c1-12-2-8-15(9-3-12)28(24,25)20-10-17(23)26-11-16-21-18(22-27-16)13-4-6-14(19)7-5-13/h2-9,20H,10-11H2,1H3. The highest BCUT2D eigenvalue weighted by Gasteiger charge is 2.17. The number of benzene rings is 2. The number of nitrogens with zero attached hydrogens (tertiary/aromatic N) is 2. The lowest BCUT2D eigenvalue weighted by Gasteiger charge is -2.06. The van der Waals surface area contributed by atoms with E-state index in [4.69, 9.17) is 20.9 Å². The van der Waals surface area contributed by atoms with Crippen LogP contribution in [0.5, 0.6) is 0 Å². The van der Waals surface area contributed by atoms with Crippen LogP contribution in [0.1, 0.15) is 11.5 Å². The summed E-state index contributed by atoms with van der Waals surface area (Å²) in [6, 6.07) is 13.1. The van der Waals surface area contributed by atoms with E-state index in [-0.39, 0.29) is 17.4 Å². The summed E-state index contributed by atoms with van der Waals surface area (Å²) in [7, 11) is -3.80. The van der Waals surface area contributed by atoms with Crippen molar-refractivity contribution in [3.63, 3.8) is 0 Å². The van der Waals surface area contributed by atoms with E-state index in [1.54, 1.807) is 36.4 Å². The van der Waals surface area contributed by atoms with Gasteiger partial charge < -0.3 is 9.26 Å². The molecule has 0 atom stereocenters. The first kappa shape index (κ1) is 20.0. The van der Waals surface area contributed by atoms with E-state index in [0.29, 0.717) is 16.4 Å². The maximum atomic E-state index is 12.1. The number of nitrogens with one attached hydrogen (secondary N) is 1. The third-order valence-corrected chi connectivity index (χ3v) is 5.33. The Morgan fingerprint density at radius 1 is 1.14 bits per heavy atom. The molecule has 0 radical (unpaired) electrons. The number of sulfonamides is 1. The number of ether oxygens (including phenoxy) is 1. The minimum absolute atomic E-state index is 0.0652. The molecule has 28 heavy (non-hydrogen) atoms. The first-order valence-corrected chi connectivity index (χ1v) is 10.00. The highest BCUT2D eigenvalue weighted by Crippen LogP contribution is 2.18. The smallest absolute Gasteiger partial charge is 0.321 e. The van der Waals surface area contributed by atoms with E-state index < -0.39 is 22.5 Å². The number of aromatic nitrogens is 2. The van der Waals surface area contributed by atoms with Gasteiger partial charge in [-0.25, -0.2) is 8.42 Å². The Morgan fingerprint density at radius 3 is 2.50 bits per heavy atom. The molecule has 10 heteroatoms. The fourth-order valence-corrected chi connectivity index (χ4v) is 3.27. The number of halogens is 1. The summed E-state index contributed by atoms with van der Waals surface area (Å²) < 4.78 is 36.4. The van der Waals surface area contributed by atoms with Gasteiger partial charge in [-0.2, -0.15) is 9.71 Å². The Labute approximate surface area is 166 Å². The predicted octanol–water partition coefficient (Wildman–Crippen LogP) is 2.72. The van der Waals surface area contributed by atoms with Gasteiger partial charge >= 0.3 is 5.97 Å². The van der Waals surface area contributed by atoms with Crippen LogP contribution in [0.3, 0.4) is 0 Å². The van der Waals surface area contributed by atoms with Gasteiger partial charge in [0, 0.05) is 10.6 Å². The molecule has 0 aliphatic carbocycles. The number of carbonyl (C=O) groups excluding carboxylic acids is 1. The highest BCUT2D eigenvalue weighted by atomic mass is 35.5. The molecular weight excluding hydrogens is 406 g/mol. The molecule has 0 bridgehead atoms. The van der Waals surface area contributed by atoms with Crippen molar-refractivity contribution in [1.82, 2.24) is 14.9 Å². The van der Waals surface area contributed by atoms with Crippen molar-refractivity contribution in [1.29, 1.82) is 0 Å². The molecule has 1 aromatic heterocycles. The van der Waals surface area contributed by atoms with Crippen LogP contribution in [0.25, 0.3) is 11.4 Å². The van der Waals surface area contributed by atoms with Gasteiger partial charge in [0.2, 0.25) is 15.8 Å². The number of esters is 1. The molecule has 0 amide bonds. The highest BCUT2D eigenvalue weighted by molar-refractivity contribution is 7.89. The van der Waals surface area contributed by atoms with Crippen molar-refractivity contribution in [3.8, 4) is 11.4 Å². The quantitative estimate of drug-likeness (QED) is 0.583. The molecule has 0 saturated carbocycles. The van der Waals surface area contributed by atoms with Gasteiger partial charge in [0.1, 0.15) is 6.54 Å². The Hall–Kier alpha value is -2.75. The summed E-state index contributed by atoms with van der Waals surface area (Å²) in [6.07, 6.45) is 0. The molecule has 8 nitrogen and oxygen atoms in total. The van der Waals surface area contributed by atoms with Crippen LogP contribution >= 0.6 is 11.6 Å². The summed E-state index contributed by atoms with van der Waals surface area (Å²) in [5.74, 6) is -0.371. The van der Waals surface area contributed by atoms with Crippen LogP contribution in [0.2, 0.25) is 5.02 Å². The molecule has 0 saturated heterocycles. The molecule has 1 N–H and O–H groups in total. The van der Waals surface area contributed by atoms with Gasteiger partial charge in [0.25, 0.3) is 5.89 Å². The Bertz CT molecular complexity index is 1060. The van der Waals surface area contributed by atoms with Crippen molar-refractivity contribution in [2.24, 2.45) is 0 Å². The third-order valence-electron chi connectivity index (χ3n) is 3.66. The van der Waals surface area contributed by atoms with E-state index in [1.165, 1.54) is 12.1 Å². The molecule has 0 fully saturated rings. The van der Waals surface area contributed by atoms with Gasteiger partial charge in [0.15, 0.2) is 6.61 Å². The van der Waals surface area contributed by atoms with E-state index in [9.17, 15) is 13.2 Å². The number of carbonyl (C=O) groups is 1. The van der Waals surface area contributed by atoms with Crippen molar-refractivity contribution in [2.45, 2.75) is 18.4 Å². The van der Waals surface area contributed by atoms with E-state index in [1.807, 2.05) is 6.92 Å². The van der Waals surface area contributed by atoms with Crippen LogP contribution < -0.4 is 4.72 Å². The van der Waals surface area contributed by atoms with Crippen LogP contribution in [0, 0.1) is 6.92 Å². The Balaban J connectivity index is 1.52. The summed E-state index contributed by atoms with van der Waals surface area (Å²) in [6.45, 7) is 1.05. The number of hydrogen-bond donors (Lipinski definition) is 1. The number of aryl methyl sites for hydroxylation is 1. The molecule has 3 aromatic rings. The summed E-state index contributed by atoms with van der Waals surface area (Å²) in [5, 5.41) is 4.37. The zero-order valence-electron chi connectivity index (χ0n) is 14.8. The first-order chi connectivity index (χ1) is 13.3. The summed E-state index contributed by atoms with van der Waals surface area (Å²) in [4.78, 5) is 16.0. The second kappa shape index (κ2) is 8.51. The van der Waals surface area contributed by atoms with Gasteiger partial charge in [-0.3, -0.25) is 4.79 Å². The van der Waals surface area contributed by atoms with Crippen molar-refractivity contribution >= 4 is 27.6 Å². The van der Waals surface area contributed by atoms with Gasteiger partial charge in [-0.05, 0) is 43.3 Å². The molecule has 1 heterocycles. The average Bonchev–Trinajstić information content (AvgIpc) is 3.15. The monoisotopic (exact) mass is 421 g/mol. The van der Waals surface area contributed by atoms with E-state index in [2.05, 4.69) is 14.9 Å². The lowest BCUT2D eigenvalue weighted by molar-refractivity contribution is -0.144. The normalized spacial score (nSPS) is 11.4. The number of hydrogen-bond acceptors (Lipinski definition) is 7. The predicted molar refractivity (Wildman–Crippen MR) is 101 cm³/mol. The van der Waals surface area contributed by atoms with Gasteiger partial charge in [0.05, 0.1) is 4.90 Å². The van der Waals surface area contributed by atoms with Gasteiger partial charge in [-0.15, -0.1) is 0 Å². The minimum Gasteiger partial charge on any atom is -0.455 e. The maximum Gasteiger partial charge on any atom is 0.321 e. The van der Waals surface area contributed by atoms with E-state index >= 15 is 0 Å². The molecule has 0 spiro atoms. The van der Waals surface area contributed by atoms with Crippen molar-refractivity contribution < 1.29 is 22.5 Å². The second-order valence-electron chi connectivity index (χ2n) is 5.82. The summed E-state index contributed by atoms with van der Waals surface area (Å²) >= 11 is 5.83. The summed E-state index contributed by atoms with van der Waals surface area (Å²) in [5.41, 5.74) is 1.62. The lowest BCUT2D eigenvalue weighted by Crippen LogP contribution is -2.30. The minimum atomic E-state index is -3.80. The maximum absolute atomic E-state index is 12.1. The van der Waals surface area contributed by atoms with E-state index in [0.717, 1.165) is 5.56 Å². The third kappa shape index (κ3) is 5.16. The van der Waals surface area contributed by atoms with Crippen LogP contribution in [-0.4, -0.2) is 31.1 Å². The van der Waals surface area contributed by atoms with Crippen LogP contribution in [0.4, 0.5) is 0 Å². The zero-order valence-corrected chi connectivity index (χ0v) is 16.3. The largest absolute Gasteiger partial charge is 0.455 e. The Kier molecular flexibility index (Phi) is 6.08. The topological polar surface area (TPSA) is 111 Å². The first-order valence-electron chi connectivity index (χ1n) is 8.14. The molecule has 0 unspecified atom stereocenters. The van der Waals surface area contributed by atoms with Crippen molar-refractivity contribution in [3.05, 3.63) is 65.0 Å². The zero-order chi connectivity index (χ0) is 20.1. The van der Waals surface area contributed by atoms with Gasteiger partial charge in [-0.1, -0.05) is 34.5 Å². The van der Waals surface area contributed by atoms with Crippen LogP contribution in [0.15, 0.2) is 57.9 Å². The molecule has 146 valence electrons. The molecule has 3 rings (SSSR count). The second-order valence-corrected chi connectivity index (χ2v) is 8.02. The molecule has 0 aliphatic heterocycles. The SMILES string of the molecule is Cc1ccc(S(=O)(=O)NCC(=O)OCc2nc(-c3ccc(Cl)cc3)no2)cc1. The lowest BCUT2D eigenvalue weighted by atomic mass is 10.2. The molecule has 0 aliphatic rings. The Morgan fingerprint density at radius 2 is 1.82 bits per heavy atom. The number of rotatable bonds is 7. The fraction of sp³-hybridized carbons (Fsp3) is 0.167. The fourth-order valence-electron chi connectivity index (χ4n) is 2.18.